The lowest BCUT2D eigenvalue weighted by Crippen LogP contribution is -2.37. The fourth-order valence-electron chi connectivity index (χ4n) is 5.73. The van der Waals surface area contributed by atoms with Crippen molar-refractivity contribution in [3.05, 3.63) is 12.2 Å². The lowest BCUT2D eigenvalue weighted by Gasteiger charge is -2.36. The average molecular weight is 391 g/mol. The van der Waals surface area contributed by atoms with Gasteiger partial charge in [-0.1, -0.05) is 19.1 Å². The molecule has 0 aromatic carbocycles. The summed E-state index contributed by atoms with van der Waals surface area (Å²) in [7, 11) is 0. The molecule has 160 valence electrons. The van der Waals surface area contributed by atoms with E-state index in [9.17, 15) is 4.79 Å². The number of hydrogen-bond donors (Lipinski definition) is 0. The molecule has 3 rings (SSSR count). The lowest BCUT2D eigenvalue weighted by atomic mass is 9.73. The second-order valence-corrected chi connectivity index (χ2v) is 9.53. The lowest BCUT2D eigenvalue weighted by molar-refractivity contribution is -0.164. The number of carbonyl (C=O) groups is 1. The Morgan fingerprint density at radius 3 is 2.36 bits per heavy atom. The summed E-state index contributed by atoms with van der Waals surface area (Å²) >= 11 is 0. The summed E-state index contributed by atoms with van der Waals surface area (Å²) in [6.07, 6.45) is 20.6. The van der Waals surface area contributed by atoms with Crippen LogP contribution in [0.15, 0.2) is 12.2 Å². The number of rotatable bonds is 8. The first-order valence-corrected chi connectivity index (χ1v) is 12.1. The summed E-state index contributed by atoms with van der Waals surface area (Å²) in [6.45, 7) is 5.19. The van der Waals surface area contributed by atoms with Crippen LogP contribution < -0.4 is 0 Å². The Kier molecular flexibility index (Phi) is 8.89. The summed E-state index contributed by atoms with van der Waals surface area (Å²) in [5.41, 5.74) is 0. The van der Waals surface area contributed by atoms with Crippen molar-refractivity contribution < 1.29 is 14.3 Å². The molecule has 28 heavy (non-hydrogen) atoms. The minimum atomic E-state index is 0.113. The Hall–Kier alpha value is -0.830. The van der Waals surface area contributed by atoms with Crippen LogP contribution in [-0.2, 0) is 14.3 Å². The molecule has 3 heteroatoms. The normalized spacial score (nSPS) is 37.1. The highest BCUT2D eigenvalue weighted by Crippen LogP contribution is 2.39. The molecule has 2 unspecified atom stereocenters. The number of hydrogen-bond acceptors (Lipinski definition) is 3. The molecular weight excluding hydrogens is 348 g/mol. The van der Waals surface area contributed by atoms with E-state index in [1.54, 1.807) is 0 Å². The summed E-state index contributed by atoms with van der Waals surface area (Å²) < 4.78 is 11.8. The number of ether oxygens (including phenoxy) is 2. The van der Waals surface area contributed by atoms with Crippen molar-refractivity contribution in [2.75, 3.05) is 6.61 Å². The molecule has 0 N–H and O–H groups in total. The van der Waals surface area contributed by atoms with Crippen LogP contribution in [0, 0.1) is 23.7 Å². The molecule has 1 saturated heterocycles. The second kappa shape index (κ2) is 11.4. The van der Waals surface area contributed by atoms with Gasteiger partial charge in [-0.15, -0.1) is 0 Å². The zero-order valence-corrected chi connectivity index (χ0v) is 18.2. The standard InChI is InChI=1S/C25H42O3/c1-3-5-19-6-11-21(12-7-19)24-17-16-23(28-25(24)26)15-10-20-8-13-22(14-9-20)27-18-4-2/h3,5,19-24H,4,6-18H2,1-2H3. The van der Waals surface area contributed by atoms with E-state index < -0.39 is 0 Å². The quantitative estimate of drug-likeness (QED) is 0.352. The smallest absolute Gasteiger partial charge is 0.309 e. The maximum absolute atomic E-state index is 12.7. The second-order valence-electron chi connectivity index (χ2n) is 9.53. The Labute approximate surface area is 172 Å². The highest BCUT2D eigenvalue weighted by Gasteiger charge is 2.37. The Balaban J connectivity index is 1.33. The van der Waals surface area contributed by atoms with Crippen LogP contribution in [-0.4, -0.2) is 24.8 Å². The van der Waals surface area contributed by atoms with Crippen LogP contribution >= 0.6 is 0 Å². The summed E-state index contributed by atoms with van der Waals surface area (Å²) in [5, 5.41) is 0. The van der Waals surface area contributed by atoms with E-state index in [-0.39, 0.29) is 18.0 Å². The first kappa shape index (κ1) is 21.9. The van der Waals surface area contributed by atoms with Crippen molar-refractivity contribution in [3.8, 4) is 0 Å². The Bertz CT molecular complexity index is 484. The number of esters is 1. The van der Waals surface area contributed by atoms with E-state index in [1.165, 1.54) is 57.8 Å². The predicted molar refractivity (Wildman–Crippen MR) is 114 cm³/mol. The molecule has 0 aromatic rings. The van der Waals surface area contributed by atoms with Crippen molar-refractivity contribution in [3.63, 3.8) is 0 Å². The third-order valence-electron chi connectivity index (χ3n) is 7.48. The highest BCUT2D eigenvalue weighted by molar-refractivity contribution is 5.73. The topological polar surface area (TPSA) is 35.5 Å². The largest absolute Gasteiger partial charge is 0.462 e. The zero-order valence-electron chi connectivity index (χ0n) is 18.2. The van der Waals surface area contributed by atoms with Crippen LogP contribution in [0.2, 0.25) is 0 Å². The van der Waals surface area contributed by atoms with E-state index in [1.807, 2.05) is 0 Å². The Morgan fingerprint density at radius 1 is 0.964 bits per heavy atom. The van der Waals surface area contributed by atoms with Gasteiger partial charge < -0.3 is 9.47 Å². The Morgan fingerprint density at radius 2 is 1.71 bits per heavy atom. The van der Waals surface area contributed by atoms with Crippen LogP contribution in [0.1, 0.15) is 97.3 Å². The maximum Gasteiger partial charge on any atom is 0.309 e. The van der Waals surface area contributed by atoms with Crippen molar-refractivity contribution in [2.24, 2.45) is 23.7 Å². The fourth-order valence-corrected chi connectivity index (χ4v) is 5.73. The van der Waals surface area contributed by atoms with E-state index in [0.717, 1.165) is 44.1 Å². The first-order valence-electron chi connectivity index (χ1n) is 12.1. The molecule has 1 heterocycles. The molecule has 0 spiro atoms. The van der Waals surface area contributed by atoms with Crippen molar-refractivity contribution in [1.82, 2.24) is 0 Å². The van der Waals surface area contributed by atoms with Gasteiger partial charge in [-0.25, -0.2) is 0 Å². The van der Waals surface area contributed by atoms with Crippen molar-refractivity contribution in [1.29, 1.82) is 0 Å². The SMILES string of the molecule is CC=CC1CCC(C2CCC(CCC3CCC(OCCC)CC3)OC2=O)CC1. The van der Waals surface area contributed by atoms with Crippen LogP contribution in [0.4, 0.5) is 0 Å². The van der Waals surface area contributed by atoms with Gasteiger partial charge in [0.05, 0.1) is 12.0 Å². The van der Waals surface area contributed by atoms with Gasteiger partial charge in [0.25, 0.3) is 0 Å². The first-order chi connectivity index (χ1) is 13.7. The molecule has 3 fully saturated rings. The average Bonchev–Trinajstić information content (AvgIpc) is 2.72. The van der Waals surface area contributed by atoms with E-state index in [0.29, 0.717) is 12.0 Å². The number of carbonyl (C=O) groups excluding carboxylic acids is 1. The van der Waals surface area contributed by atoms with Gasteiger partial charge in [-0.05, 0) is 108 Å². The molecule has 2 atom stereocenters. The highest BCUT2D eigenvalue weighted by atomic mass is 16.5. The van der Waals surface area contributed by atoms with Gasteiger partial charge in [-0.3, -0.25) is 4.79 Å². The molecule has 1 aliphatic heterocycles. The van der Waals surface area contributed by atoms with Crippen molar-refractivity contribution >= 4 is 5.97 Å². The van der Waals surface area contributed by atoms with Gasteiger partial charge in [0.15, 0.2) is 0 Å². The molecule has 3 nitrogen and oxygen atoms in total. The van der Waals surface area contributed by atoms with Crippen LogP contribution in [0.5, 0.6) is 0 Å². The van der Waals surface area contributed by atoms with Gasteiger partial charge >= 0.3 is 5.97 Å². The number of cyclic esters (lactones) is 1. The molecule has 0 radical (unpaired) electrons. The molecule has 3 aliphatic rings. The van der Waals surface area contributed by atoms with Crippen LogP contribution in [0.3, 0.4) is 0 Å². The molecule has 2 aliphatic carbocycles. The van der Waals surface area contributed by atoms with E-state index >= 15 is 0 Å². The third kappa shape index (κ3) is 6.34. The van der Waals surface area contributed by atoms with E-state index in [4.69, 9.17) is 9.47 Å². The van der Waals surface area contributed by atoms with Gasteiger partial charge in [0.2, 0.25) is 0 Å². The minimum absolute atomic E-state index is 0.113. The predicted octanol–water partition coefficient (Wildman–Crippen LogP) is 6.46. The van der Waals surface area contributed by atoms with E-state index in [2.05, 4.69) is 26.0 Å². The van der Waals surface area contributed by atoms with Gasteiger partial charge in [0, 0.05) is 6.61 Å². The molecule has 0 aromatic heterocycles. The third-order valence-corrected chi connectivity index (χ3v) is 7.48. The van der Waals surface area contributed by atoms with Gasteiger partial charge in [-0.2, -0.15) is 0 Å². The molecular formula is C25H42O3. The fraction of sp³-hybridized carbons (Fsp3) is 0.880. The van der Waals surface area contributed by atoms with Gasteiger partial charge in [0.1, 0.15) is 6.10 Å². The summed E-state index contributed by atoms with van der Waals surface area (Å²) in [4.78, 5) is 12.7. The molecule has 0 bridgehead atoms. The van der Waals surface area contributed by atoms with Crippen LogP contribution in [0.25, 0.3) is 0 Å². The summed E-state index contributed by atoms with van der Waals surface area (Å²) in [5.74, 6) is 2.39. The summed E-state index contributed by atoms with van der Waals surface area (Å²) in [6, 6.07) is 0. The zero-order chi connectivity index (χ0) is 19.8. The number of allylic oxidation sites excluding steroid dienone is 2. The minimum Gasteiger partial charge on any atom is -0.462 e. The molecule has 0 amide bonds. The maximum atomic E-state index is 12.7. The molecule has 2 saturated carbocycles. The monoisotopic (exact) mass is 390 g/mol. The van der Waals surface area contributed by atoms with Crippen molar-refractivity contribution in [2.45, 2.75) is 110 Å².